The van der Waals surface area contributed by atoms with Gasteiger partial charge in [-0.3, -0.25) is 19.2 Å². The van der Waals surface area contributed by atoms with Gasteiger partial charge in [0.05, 0.1) is 28.5 Å². The molecule has 14 heteroatoms. The van der Waals surface area contributed by atoms with Gasteiger partial charge in [-0.25, -0.2) is 9.78 Å². The number of benzene rings is 3. The first-order valence-electron chi connectivity index (χ1n) is 19.6. The highest BCUT2D eigenvalue weighted by Crippen LogP contribution is 2.43. The van der Waals surface area contributed by atoms with Crippen LogP contribution in [0.2, 0.25) is 0 Å². The Balaban J connectivity index is 0.932. The Hall–Kier alpha value is -6.74. The van der Waals surface area contributed by atoms with Crippen LogP contribution in [0.3, 0.4) is 0 Å². The average Bonchev–Trinajstić information content (AvgIpc) is 4.00. The third-order valence-corrected chi connectivity index (χ3v) is 12.5. The summed E-state index contributed by atoms with van der Waals surface area (Å²) in [5.74, 6) is 2.57. The van der Waals surface area contributed by atoms with Gasteiger partial charge in [-0.1, -0.05) is 24.8 Å². The molecular formula is C47H39NO11S2. The normalized spacial score (nSPS) is 18.3. The number of thiazole rings is 1. The lowest BCUT2D eigenvalue weighted by Crippen LogP contribution is -2.30. The van der Waals surface area contributed by atoms with E-state index in [4.69, 9.17) is 39.8 Å². The molecular weight excluding hydrogens is 819 g/mol. The van der Waals surface area contributed by atoms with Crippen molar-refractivity contribution in [2.24, 2.45) is 23.7 Å². The van der Waals surface area contributed by atoms with E-state index in [0.717, 1.165) is 16.5 Å². The van der Waals surface area contributed by atoms with Gasteiger partial charge in [0.2, 0.25) is 0 Å². The van der Waals surface area contributed by atoms with Crippen LogP contribution < -0.4 is 23.7 Å². The first-order valence-corrected chi connectivity index (χ1v) is 21.3. The fourth-order valence-corrected chi connectivity index (χ4v) is 8.93. The number of esters is 5. The Bertz CT molecular complexity index is 2510. The van der Waals surface area contributed by atoms with Gasteiger partial charge in [-0.15, -0.1) is 29.1 Å². The highest BCUT2D eigenvalue weighted by molar-refractivity contribution is 7.25. The first-order chi connectivity index (χ1) is 29.7. The minimum Gasteiger partial charge on any atom is -0.458 e. The van der Waals surface area contributed by atoms with Crippen molar-refractivity contribution in [3.63, 3.8) is 0 Å². The Labute approximate surface area is 359 Å². The Morgan fingerprint density at radius 3 is 1.72 bits per heavy atom. The molecule has 0 N–H and O–H groups in total. The molecule has 2 aromatic heterocycles. The molecule has 12 nitrogen and oxygen atoms in total. The highest BCUT2D eigenvalue weighted by Gasteiger charge is 2.34. The number of hydrogen-bond acceptors (Lipinski definition) is 14. The molecule has 5 aromatic rings. The van der Waals surface area contributed by atoms with Crippen LogP contribution in [0.1, 0.15) is 56.9 Å². The molecule has 2 saturated carbocycles. The second kappa shape index (κ2) is 20.0. The molecule has 2 aliphatic rings. The van der Waals surface area contributed by atoms with Crippen molar-refractivity contribution in [3.8, 4) is 63.0 Å². The maximum Gasteiger partial charge on any atom is 0.330 e. The number of carbonyl (C=O) groups is 5. The number of nitrogens with zero attached hydrogens (tertiary/aromatic N) is 1. The van der Waals surface area contributed by atoms with Crippen molar-refractivity contribution < 1.29 is 52.4 Å². The quantitative estimate of drug-likeness (QED) is 0.0481. The largest absolute Gasteiger partial charge is 0.458 e. The number of ether oxygens (including phenoxy) is 6. The molecule has 2 aliphatic carbocycles. The number of rotatable bonds is 13. The number of terminal acetylenes is 1. The van der Waals surface area contributed by atoms with E-state index in [9.17, 15) is 24.0 Å². The summed E-state index contributed by atoms with van der Waals surface area (Å²) < 4.78 is 33.9. The first kappa shape index (κ1) is 42.4. The van der Waals surface area contributed by atoms with Crippen LogP contribution in [0.4, 0.5) is 0 Å². The van der Waals surface area contributed by atoms with E-state index in [1.54, 1.807) is 60.7 Å². The van der Waals surface area contributed by atoms with Gasteiger partial charge in [0.1, 0.15) is 45.2 Å². The molecule has 310 valence electrons. The summed E-state index contributed by atoms with van der Waals surface area (Å²) in [5.41, 5.74) is 1.14. The lowest BCUT2D eigenvalue weighted by Gasteiger charge is -2.26. The van der Waals surface area contributed by atoms with Crippen LogP contribution in [0.5, 0.6) is 28.7 Å². The van der Waals surface area contributed by atoms with Crippen LogP contribution in [0, 0.1) is 48.0 Å². The van der Waals surface area contributed by atoms with Gasteiger partial charge >= 0.3 is 29.8 Å². The molecule has 0 amide bonds. The number of carbonyl (C=O) groups excluding carboxylic acids is 5. The van der Waals surface area contributed by atoms with E-state index in [0.29, 0.717) is 89.6 Å². The van der Waals surface area contributed by atoms with Crippen LogP contribution in [-0.4, -0.2) is 34.8 Å². The zero-order chi connectivity index (χ0) is 42.7. The van der Waals surface area contributed by atoms with E-state index < -0.39 is 29.7 Å². The molecule has 7 rings (SSSR count). The maximum absolute atomic E-state index is 13.5. The molecule has 0 spiro atoms. The molecule has 0 radical (unpaired) electrons. The third kappa shape index (κ3) is 10.9. The molecule has 2 heterocycles. The summed E-state index contributed by atoms with van der Waals surface area (Å²) in [4.78, 5) is 70.1. The van der Waals surface area contributed by atoms with Gasteiger partial charge in [-0.05, 0) is 123 Å². The standard InChI is InChI=1S/C47H39NO11S2/c1-3-5-26-54-34-20-22-36(23-21-34)57-45(51)31-10-14-32(15-11-31)46(52)58-37-24-25-38(42-41(37)48-43(61-42)39-7-6-27-60-39)59-47(53)33-16-12-30(13-17-33)44(50)56-35-18-8-29(9-19-35)28-55-40(49)4-2/h1,4,6-9,18-25,27,30-33H,2,10-17,28H2/t30-,31-,32-,33-. The van der Waals surface area contributed by atoms with E-state index in [-0.39, 0.29) is 36.1 Å². The smallest absolute Gasteiger partial charge is 0.330 e. The van der Waals surface area contributed by atoms with Crippen molar-refractivity contribution in [2.45, 2.75) is 58.0 Å². The summed E-state index contributed by atoms with van der Waals surface area (Å²) >= 11 is 2.85. The zero-order valence-corrected chi connectivity index (χ0v) is 34.4. The Kier molecular flexibility index (Phi) is 13.9. The van der Waals surface area contributed by atoms with Gasteiger partial charge in [0.15, 0.2) is 11.5 Å². The van der Waals surface area contributed by atoms with Crippen LogP contribution in [-0.2, 0) is 35.3 Å². The second-order valence-electron chi connectivity index (χ2n) is 14.4. The third-order valence-electron chi connectivity index (χ3n) is 10.4. The lowest BCUT2D eigenvalue weighted by atomic mass is 9.82. The van der Waals surface area contributed by atoms with Crippen molar-refractivity contribution >= 4 is 62.7 Å². The molecule has 61 heavy (non-hydrogen) atoms. The van der Waals surface area contributed by atoms with Crippen LogP contribution in [0.25, 0.3) is 20.1 Å². The fraction of sp³-hybridized carbons (Fsp3) is 0.277. The second-order valence-corrected chi connectivity index (χ2v) is 16.4. The molecule has 3 aromatic carbocycles. The molecule has 0 saturated heterocycles. The highest BCUT2D eigenvalue weighted by atomic mass is 32.1. The van der Waals surface area contributed by atoms with Gasteiger partial charge < -0.3 is 28.4 Å². The van der Waals surface area contributed by atoms with Gasteiger partial charge in [0.25, 0.3) is 0 Å². The molecule has 0 aliphatic heterocycles. The maximum atomic E-state index is 13.5. The van der Waals surface area contributed by atoms with Crippen molar-refractivity contribution in [3.05, 3.63) is 96.4 Å². The summed E-state index contributed by atoms with van der Waals surface area (Å²) in [7, 11) is 0. The van der Waals surface area contributed by atoms with E-state index >= 15 is 0 Å². The fourth-order valence-electron chi connectivity index (χ4n) is 7.10. The van der Waals surface area contributed by atoms with Crippen LogP contribution in [0.15, 0.2) is 90.8 Å². The predicted molar refractivity (Wildman–Crippen MR) is 226 cm³/mol. The van der Waals surface area contributed by atoms with E-state index in [1.165, 1.54) is 22.7 Å². The number of aromatic nitrogens is 1. The van der Waals surface area contributed by atoms with Crippen molar-refractivity contribution in [1.29, 1.82) is 0 Å². The predicted octanol–water partition coefficient (Wildman–Crippen LogP) is 8.86. The topological polar surface area (TPSA) is 154 Å². The summed E-state index contributed by atoms with van der Waals surface area (Å²) in [6, 6.07) is 20.2. The molecule has 2 fully saturated rings. The number of fused-ring (bicyclic) bond motifs is 1. The lowest BCUT2D eigenvalue weighted by molar-refractivity contribution is -0.145. The van der Waals surface area contributed by atoms with Crippen LogP contribution >= 0.6 is 22.7 Å². The number of thiophene rings is 1. The zero-order valence-electron chi connectivity index (χ0n) is 32.8. The number of hydrogen-bond donors (Lipinski definition) is 0. The Morgan fingerprint density at radius 2 is 1.20 bits per heavy atom. The van der Waals surface area contributed by atoms with E-state index in [2.05, 4.69) is 24.5 Å². The Morgan fingerprint density at radius 1 is 0.689 bits per heavy atom. The minimum atomic E-state index is -0.526. The van der Waals surface area contributed by atoms with E-state index in [1.807, 2.05) is 17.5 Å². The minimum absolute atomic E-state index is 0.0763. The molecule has 0 atom stereocenters. The van der Waals surface area contributed by atoms with Crippen molar-refractivity contribution in [2.75, 3.05) is 0 Å². The van der Waals surface area contributed by atoms with Gasteiger partial charge in [-0.2, -0.15) is 0 Å². The SMILES string of the molecule is C#CC#COc1ccc(OC(=O)[C@H]2CC[C@H](C(=O)Oc3ccc(OC(=O)[C@H]4CC[C@H](C(=O)Oc5ccc(COC(=O)C=C)cc5)CC4)c4sc(-c5cccs5)nc34)CC2)cc1. The summed E-state index contributed by atoms with van der Waals surface area (Å²) in [5, 5.41) is 2.63. The monoisotopic (exact) mass is 857 g/mol. The average molecular weight is 858 g/mol. The van der Waals surface area contributed by atoms with Gasteiger partial charge in [0, 0.05) is 12.0 Å². The molecule has 0 unspecified atom stereocenters. The summed E-state index contributed by atoms with van der Waals surface area (Å²) in [6.07, 6.45) is 12.2. The van der Waals surface area contributed by atoms with Crippen molar-refractivity contribution in [1.82, 2.24) is 4.98 Å². The molecule has 0 bridgehead atoms. The summed E-state index contributed by atoms with van der Waals surface area (Å²) in [6.45, 7) is 3.45.